The van der Waals surface area contributed by atoms with Crippen molar-refractivity contribution >= 4 is 33.5 Å². The van der Waals surface area contributed by atoms with E-state index in [1.54, 1.807) is 0 Å². The fraction of sp³-hybridized carbons (Fsp3) is 0.125. The van der Waals surface area contributed by atoms with Gasteiger partial charge in [-0.05, 0) is 12.1 Å². The summed E-state index contributed by atoms with van der Waals surface area (Å²) in [6.45, 7) is 0. The van der Waals surface area contributed by atoms with Crippen LogP contribution in [0.2, 0.25) is 0 Å². The second-order valence-corrected chi connectivity index (χ2v) is 4.90. The minimum Gasteiger partial charge on any atom is -0.397 e. The van der Waals surface area contributed by atoms with E-state index >= 15 is 0 Å². The number of fused-ring (bicyclic) bond motifs is 3. The summed E-state index contributed by atoms with van der Waals surface area (Å²) >= 11 is 0. The third-order valence-electron chi connectivity index (χ3n) is 3.60. The third-order valence-corrected chi connectivity index (χ3v) is 3.60. The number of nitrogens with two attached hydrogens (primary N) is 2. The van der Waals surface area contributed by atoms with Crippen LogP contribution in [-0.4, -0.2) is 30.9 Å². The first kappa shape index (κ1) is 14.7. The minimum absolute atomic E-state index is 0.296. The Labute approximate surface area is 132 Å². The van der Waals surface area contributed by atoms with Gasteiger partial charge < -0.3 is 26.1 Å². The summed E-state index contributed by atoms with van der Waals surface area (Å²) in [4.78, 5) is 12.9. The number of rotatable bonds is 4. The maximum absolute atomic E-state index is 5.98. The monoisotopic (exact) mass is 311 g/mol. The van der Waals surface area contributed by atoms with Gasteiger partial charge in [0.1, 0.15) is 14.2 Å². The molecule has 7 heteroatoms. The zero-order valence-corrected chi connectivity index (χ0v) is 12.8. The van der Waals surface area contributed by atoms with Gasteiger partial charge in [-0.1, -0.05) is 34.6 Å². The first-order chi connectivity index (χ1) is 11.2. The van der Waals surface area contributed by atoms with E-state index in [0.29, 0.717) is 11.7 Å². The average molecular weight is 311 g/mol. The van der Waals surface area contributed by atoms with Gasteiger partial charge in [-0.2, -0.15) is 0 Å². The zero-order chi connectivity index (χ0) is 16.4. The van der Waals surface area contributed by atoms with Crippen molar-refractivity contribution in [3.63, 3.8) is 0 Å². The molecule has 2 aromatic carbocycles. The van der Waals surface area contributed by atoms with E-state index in [1.165, 1.54) is 14.2 Å². The van der Waals surface area contributed by atoms with Crippen LogP contribution in [0.4, 0.5) is 0 Å². The fourth-order valence-corrected chi connectivity index (χ4v) is 2.67. The number of benzene rings is 2. The van der Waals surface area contributed by atoms with Crippen LogP contribution in [0, 0.1) is 0 Å². The van der Waals surface area contributed by atoms with E-state index in [9.17, 15) is 0 Å². The summed E-state index contributed by atoms with van der Waals surface area (Å²) in [6, 6.07) is 11.6. The van der Waals surface area contributed by atoms with E-state index in [0.717, 1.165) is 32.9 Å². The molecule has 23 heavy (non-hydrogen) atoms. The number of para-hydroxylation sites is 2. The maximum atomic E-state index is 5.98. The summed E-state index contributed by atoms with van der Waals surface area (Å²) in [7, 11) is 2.91. The van der Waals surface area contributed by atoms with Gasteiger partial charge in [-0.25, -0.2) is 0 Å². The standard InChI is InChI=1S/C16H17N5O2/c1-22-20-15(17)11-7-3-5-9-10-6-4-8-12(16(18)21-23-2)14(10)19-13(9)11/h3-8,19H,1-2H3,(H2,17,20)(H2,18,21). The molecule has 1 heterocycles. The number of nitrogens with one attached hydrogen (secondary N) is 1. The molecule has 0 saturated heterocycles. The topological polar surface area (TPSA) is 111 Å². The van der Waals surface area contributed by atoms with Crippen LogP contribution >= 0.6 is 0 Å². The molecule has 0 aliphatic rings. The van der Waals surface area contributed by atoms with Gasteiger partial charge in [-0.3, -0.25) is 0 Å². The molecule has 0 bridgehead atoms. The summed E-state index contributed by atoms with van der Waals surface area (Å²) < 4.78 is 0. The van der Waals surface area contributed by atoms with Gasteiger partial charge in [0.05, 0.1) is 11.0 Å². The lowest BCUT2D eigenvalue weighted by Gasteiger charge is -2.01. The molecule has 0 unspecified atom stereocenters. The van der Waals surface area contributed by atoms with Crippen molar-refractivity contribution < 1.29 is 9.68 Å². The summed E-state index contributed by atoms with van der Waals surface area (Å²) in [5.74, 6) is 0.592. The number of aromatic amines is 1. The minimum atomic E-state index is 0.296. The third kappa shape index (κ3) is 2.42. The highest BCUT2D eigenvalue weighted by Gasteiger charge is 2.14. The lowest BCUT2D eigenvalue weighted by molar-refractivity contribution is 0.213. The highest BCUT2D eigenvalue weighted by atomic mass is 16.6. The Kier molecular flexibility index (Phi) is 3.76. The van der Waals surface area contributed by atoms with Crippen LogP contribution in [0.5, 0.6) is 0 Å². The Hall–Kier alpha value is -3.22. The van der Waals surface area contributed by atoms with Gasteiger partial charge in [0.2, 0.25) is 0 Å². The Balaban J connectivity index is 2.35. The molecule has 118 valence electrons. The molecule has 0 amide bonds. The molecule has 3 rings (SSSR count). The molecular weight excluding hydrogens is 294 g/mol. The number of aromatic nitrogens is 1. The molecule has 1 aromatic heterocycles. The first-order valence-corrected chi connectivity index (χ1v) is 6.94. The number of hydrogen-bond acceptors (Lipinski definition) is 4. The Morgan fingerprint density at radius 2 is 1.26 bits per heavy atom. The quantitative estimate of drug-likeness (QED) is 0.388. The molecule has 0 aliphatic carbocycles. The Morgan fingerprint density at radius 3 is 1.65 bits per heavy atom. The second-order valence-electron chi connectivity index (χ2n) is 4.90. The molecule has 0 fully saturated rings. The molecule has 0 saturated carbocycles. The van der Waals surface area contributed by atoms with Crippen LogP contribution in [0.15, 0.2) is 46.7 Å². The molecule has 5 N–H and O–H groups in total. The summed E-state index contributed by atoms with van der Waals surface area (Å²) in [6.07, 6.45) is 0. The number of amidine groups is 2. The van der Waals surface area contributed by atoms with Crippen molar-refractivity contribution in [2.75, 3.05) is 14.2 Å². The SMILES string of the molecule is CO/N=C(\N)c1cccc2c1[nH]c1c(/C(N)=N/OC)cccc12. The van der Waals surface area contributed by atoms with Crippen LogP contribution in [0.25, 0.3) is 21.8 Å². The van der Waals surface area contributed by atoms with E-state index in [4.69, 9.17) is 21.1 Å². The van der Waals surface area contributed by atoms with E-state index in [-0.39, 0.29) is 0 Å². The normalized spacial score (nSPS) is 12.8. The van der Waals surface area contributed by atoms with Crippen molar-refractivity contribution in [3.05, 3.63) is 47.5 Å². The fourth-order valence-electron chi connectivity index (χ4n) is 2.67. The van der Waals surface area contributed by atoms with Crippen molar-refractivity contribution in [1.29, 1.82) is 0 Å². The lowest BCUT2D eigenvalue weighted by atomic mass is 10.1. The highest BCUT2D eigenvalue weighted by Crippen LogP contribution is 2.29. The molecule has 7 nitrogen and oxygen atoms in total. The predicted molar refractivity (Wildman–Crippen MR) is 91.3 cm³/mol. The van der Waals surface area contributed by atoms with Crippen LogP contribution < -0.4 is 11.5 Å². The van der Waals surface area contributed by atoms with E-state index in [1.807, 2.05) is 36.4 Å². The van der Waals surface area contributed by atoms with Crippen molar-refractivity contribution in [2.24, 2.45) is 21.8 Å². The van der Waals surface area contributed by atoms with Crippen LogP contribution in [-0.2, 0) is 9.68 Å². The average Bonchev–Trinajstić information content (AvgIpc) is 2.93. The van der Waals surface area contributed by atoms with Crippen molar-refractivity contribution in [1.82, 2.24) is 4.98 Å². The second kappa shape index (κ2) is 5.88. The Morgan fingerprint density at radius 1 is 0.826 bits per heavy atom. The summed E-state index contributed by atoms with van der Waals surface area (Å²) in [5.41, 5.74) is 15.2. The number of hydrogen-bond donors (Lipinski definition) is 3. The van der Waals surface area contributed by atoms with Crippen LogP contribution in [0.1, 0.15) is 11.1 Å². The predicted octanol–water partition coefficient (Wildman–Crippen LogP) is 1.85. The first-order valence-electron chi connectivity index (χ1n) is 6.94. The maximum Gasteiger partial charge on any atom is 0.172 e. The number of H-pyrrole nitrogens is 1. The van der Waals surface area contributed by atoms with E-state index < -0.39 is 0 Å². The van der Waals surface area contributed by atoms with Crippen molar-refractivity contribution in [2.45, 2.75) is 0 Å². The largest absolute Gasteiger partial charge is 0.397 e. The number of nitrogens with zero attached hydrogens (tertiary/aromatic N) is 2. The summed E-state index contributed by atoms with van der Waals surface area (Å²) in [5, 5.41) is 9.64. The van der Waals surface area contributed by atoms with E-state index in [2.05, 4.69) is 15.3 Å². The molecule has 0 aliphatic heterocycles. The molecule has 0 atom stereocenters. The molecule has 0 spiro atoms. The number of oxime groups is 2. The highest BCUT2D eigenvalue weighted by molar-refractivity contribution is 6.19. The smallest absolute Gasteiger partial charge is 0.172 e. The molecular formula is C16H17N5O2. The van der Waals surface area contributed by atoms with Gasteiger partial charge in [-0.15, -0.1) is 0 Å². The van der Waals surface area contributed by atoms with Gasteiger partial charge in [0.25, 0.3) is 0 Å². The molecule has 3 aromatic rings. The Bertz CT molecular complexity index is 853. The van der Waals surface area contributed by atoms with Gasteiger partial charge in [0.15, 0.2) is 11.7 Å². The lowest BCUT2D eigenvalue weighted by Crippen LogP contribution is -2.14. The van der Waals surface area contributed by atoms with Crippen LogP contribution in [0.3, 0.4) is 0 Å². The van der Waals surface area contributed by atoms with Gasteiger partial charge >= 0.3 is 0 Å². The van der Waals surface area contributed by atoms with Gasteiger partial charge in [0, 0.05) is 21.9 Å². The van der Waals surface area contributed by atoms with Crippen molar-refractivity contribution in [3.8, 4) is 0 Å². The zero-order valence-electron chi connectivity index (χ0n) is 12.8. The molecule has 0 radical (unpaired) electrons.